The van der Waals surface area contributed by atoms with Gasteiger partial charge in [0.2, 0.25) is 5.95 Å². The molecule has 2 amide bonds. The monoisotopic (exact) mass is 516 g/mol. The Morgan fingerprint density at radius 3 is 2.92 bits per heavy atom. The summed E-state index contributed by atoms with van der Waals surface area (Å²) in [5.74, 6) is 0.124. The van der Waals surface area contributed by atoms with Crippen LogP contribution in [-0.4, -0.2) is 59.3 Å². The molecule has 5 rings (SSSR count). The molecule has 3 aliphatic heterocycles. The highest BCUT2D eigenvalue weighted by atomic mass is 35.5. The minimum absolute atomic E-state index is 0.0807. The average Bonchev–Trinajstić information content (AvgIpc) is 2.90. The molecule has 8 nitrogen and oxygen atoms in total. The van der Waals surface area contributed by atoms with Crippen molar-refractivity contribution in [3.63, 3.8) is 0 Å². The van der Waals surface area contributed by atoms with Crippen LogP contribution in [0.5, 0.6) is 0 Å². The third kappa shape index (κ3) is 6.25. The number of aromatic nitrogens is 2. The number of carbonyl (C=O) groups is 1. The first kappa shape index (κ1) is 25.2. The zero-order valence-corrected chi connectivity index (χ0v) is 21.2. The summed E-state index contributed by atoms with van der Waals surface area (Å²) in [6.07, 6.45) is 8.47. The van der Waals surface area contributed by atoms with Crippen LogP contribution in [-0.2, 0) is 17.7 Å². The van der Waals surface area contributed by atoms with Crippen LogP contribution >= 0.6 is 11.6 Å². The SMILES string of the molecule is O=C(NC(CC1CCCCN1)c1ccc(Cl)c(F)c1)N1CCc2cnc(NC3CCOCC3)nc2C1. The number of halogens is 2. The van der Waals surface area contributed by atoms with Gasteiger partial charge in [0.15, 0.2) is 0 Å². The van der Waals surface area contributed by atoms with Crippen molar-refractivity contribution in [1.29, 1.82) is 0 Å². The maximum absolute atomic E-state index is 14.3. The van der Waals surface area contributed by atoms with Crippen LogP contribution in [0.15, 0.2) is 24.4 Å². The van der Waals surface area contributed by atoms with Crippen LogP contribution in [0.25, 0.3) is 0 Å². The van der Waals surface area contributed by atoms with E-state index in [-0.39, 0.29) is 23.1 Å². The van der Waals surface area contributed by atoms with Gasteiger partial charge in [-0.3, -0.25) is 0 Å². The van der Waals surface area contributed by atoms with Gasteiger partial charge in [-0.25, -0.2) is 19.2 Å². The van der Waals surface area contributed by atoms with E-state index in [4.69, 9.17) is 21.3 Å². The van der Waals surface area contributed by atoms with E-state index in [1.165, 1.54) is 6.07 Å². The lowest BCUT2D eigenvalue weighted by molar-refractivity contribution is 0.0903. The van der Waals surface area contributed by atoms with Gasteiger partial charge in [0.25, 0.3) is 0 Å². The minimum atomic E-state index is -0.474. The molecule has 194 valence electrons. The van der Waals surface area contributed by atoms with Gasteiger partial charge in [0.05, 0.1) is 23.3 Å². The molecule has 10 heteroatoms. The molecule has 0 spiro atoms. The van der Waals surface area contributed by atoms with E-state index in [0.717, 1.165) is 68.7 Å². The molecular weight excluding hydrogens is 483 g/mol. The summed E-state index contributed by atoms with van der Waals surface area (Å²) in [6.45, 7) is 3.44. The van der Waals surface area contributed by atoms with Crippen LogP contribution in [0.3, 0.4) is 0 Å². The molecule has 0 aliphatic carbocycles. The normalized spacial score (nSPS) is 21.5. The molecule has 1 aromatic heterocycles. The predicted octanol–water partition coefficient (Wildman–Crippen LogP) is 4.20. The number of hydrogen-bond donors (Lipinski definition) is 3. The molecular formula is C26H34ClFN6O2. The Hall–Kier alpha value is -2.49. The Morgan fingerprint density at radius 2 is 2.14 bits per heavy atom. The fourth-order valence-corrected chi connectivity index (χ4v) is 5.35. The number of nitrogens with zero attached hydrogens (tertiary/aromatic N) is 3. The summed E-state index contributed by atoms with van der Waals surface area (Å²) in [5.41, 5.74) is 2.66. The number of piperidine rings is 1. The molecule has 0 bridgehead atoms. The third-order valence-electron chi connectivity index (χ3n) is 7.36. The van der Waals surface area contributed by atoms with Gasteiger partial charge in [0, 0.05) is 38.0 Å². The smallest absolute Gasteiger partial charge is 0.318 e. The van der Waals surface area contributed by atoms with Gasteiger partial charge in [0.1, 0.15) is 5.82 Å². The van der Waals surface area contributed by atoms with Gasteiger partial charge < -0.3 is 25.6 Å². The highest BCUT2D eigenvalue weighted by molar-refractivity contribution is 6.30. The summed E-state index contributed by atoms with van der Waals surface area (Å²) in [6, 6.07) is 4.87. The van der Waals surface area contributed by atoms with Crippen LogP contribution in [0.2, 0.25) is 5.02 Å². The Balaban J connectivity index is 1.27. The van der Waals surface area contributed by atoms with Crippen molar-refractivity contribution in [2.24, 2.45) is 0 Å². The highest BCUT2D eigenvalue weighted by Crippen LogP contribution is 2.27. The lowest BCUT2D eigenvalue weighted by atomic mass is 9.94. The molecule has 4 heterocycles. The second-order valence-electron chi connectivity index (χ2n) is 9.93. The number of ether oxygens (including phenoxy) is 1. The van der Waals surface area contributed by atoms with E-state index in [1.807, 2.05) is 6.20 Å². The van der Waals surface area contributed by atoms with Crippen LogP contribution in [0.4, 0.5) is 15.1 Å². The molecule has 0 radical (unpaired) electrons. The summed E-state index contributed by atoms with van der Waals surface area (Å²) >= 11 is 5.92. The number of rotatable bonds is 6. The second kappa shape index (κ2) is 11.7. The number of amides is 2. The molecule has 1 aromatic carbocycles. The highest BCUT2D eigenvalue weighted by Gasteiger charge is 2.27. The Bertz CT molecular complexity index is 1060. The van der Waals surface area contributed by atoms with Gasteiger partial charge in [-0.2, -0.15) is 0 Å². The predicted molar refractivity (Wildman–Crippen MR) is 137 cm³/mol. The first-order valence-electron chi connectivity index (χ1n) is 13.0. The summed E-state index contributed by atoms with van der Waals surface area (Å²) in [4.78, 5) is 24.4. The van der Waals surface area contributed by atoms with Crippen molar-refractivity contribution < 1.29 is 13.9 Å². The van der Waals surface area contributed by atoms with Crippen molar-refractivity contribution in [1.82, 2.24) is 25.5 Å². The number of carbonyl (C=O) groups excluding carboxylic acids is 1. The Labute approximate surface area is 216 Å². The minimum Gasteiger partial charge on any atom is -0.381 e. The molecule has 3 N–H and O–H groups in total. The van der Waals surface area contributed by atoms with Gasteiger partial charge in [-0.15, -0.1) is 0 Å². The lowest BCUT2D eigenvalue weighted by Gasteiger charge is -2.32. The summed E-state index contributed by atoms with van der Waals surface area (Å²) in [5, 5.41) is 10.2. The zero-order valence-electron chi connectivity index (χ0n) is 20.4. The van der Waals surface area contributed by atoms with E-state index in [1.54, 1.807) is 17.0 Å². The molecule has 2 unspecified atom stereocenters. The van der Waals surface area contributed by atoms with E-state index < -0.39 is 5.82 Å². The number of hydrogen-bond acceptors (Lipinski definition) is 6. The average molecular weight is 517 g/mol. The third-order valence-corrected chi connectivity index (χ3v) is 7.67. The fourth-order valence-electron chi connectivity index (χ4n) is 5.23. The molecule has 2 fully saturated rings. The maximum atomic E-state index is 14.3. The molecule has 36 heavy (non-hydrogen) atoms. The van der Waals surface area contributed by atoms with Crippen LogP contribution in [0, 0.1) is 5.82 Å². The molecule has 2 atom stereocenters. The van der Waals surface area contributed by atoms with Crippen molar-refractivity contribution in [3.05, 3.63) is 52.1 Å². The van der Waals surface area contributed by atoms with Gasteiger partial charge in [-0.05, 0) is 68.3 Å². The summed E-state index contributed by atoms with van der Waals surface area (Å²) in [7, 11) is 0. The van der Waals surface area contributed by atoms with Crippen LogP contribution in [0.1, 0.15) is 61.4 Å². The lowest BCUT2D eigenvalue weighted by Crippen LogP contribution is -2.46. The standard InChI is InChI=1S/C26H34ClFN6O2/c27-21-5-4-17(13-22(21)28)23(14-20-3-1-2-9-29-20)33-26(35)34-10-6-18-15-30-25(32-24(18)16-34)31-19-7-11-36-12-8-19/h4-5,13,15,19-20,23,29H,1-3,6-12,14,16H2,(H,33,35)(H,30,31,32). The first-order chi connectivity index (χ1) is 17.5. The first-order valence-corrected chi connectivity index (χ1v) is 13.4. The van der Waals surface area contributed by atoms with Gasteiger partial charge >= 0.3 is 6.03 Å². The topological polar surface area (TPSA) is 91.4 Å². The number of urea groups is 1. The van der Waals surface area contributed by atoms with Crippen molar-refractivity contribution >= 4 is 23.6 Å². The van der Waals surface area contributed by atoms with Crippen molar-refractivity contribution in [2.75, 3.05) is 31.6 Å². The number of anilines is 1. The van der Waals surface area contributed by atoms with E-state index in [9.17, 15) is 9.18 Å². The van der Waals surface area contributed by atoms with Gasteiger partial charge in [-0.1, -0.05) is 24.1 Å². The number of fused-ring (bicyclic) bond motifs is 1. The molecule has 3 aliphatic rings. The zero-order chi connectivity index (χ0) is 24.9. The quantitative estimate of drug-likeness (QED) is 0.533. The van der Waals surface area contributed by atoms with E-state index in [2.05, 4.69) is 20.9 Å². The maximum Gasteiger partial charge on any atom is 0.318 e. The largest absolute Gasteiger partial charge is 0.381 e. The van der Waals surface area contributed by atoms with Crippen molar-refractivity contribution in [3.8, 4) is 0 Å². The van der Waals surface area contributed by atoms with E-state index >= 15 is 0 Å². The van der Waals surface area contributed by atoms with Crippen LogP contribution < -0.4 is 16.0 Å². The van der Waals surface area contributed by atoms with Crippen molar-refractivity contribution in [2.45, 2.75) is 69.6 Å². The second-order valence-corrected chi connectivity index (χ2v) is 10.3. The Morgan fingerprint density at radius 1 is 1.28 bits per heavy atom. The molecule has 0 saturated carbocycles. The molecule has 2 saturated heterocycles. The Kier molecular flexibility index (Phi) is 8.19. The molecule has 2 aromatic rings. The number of nitrogens with one attached hydrogen (secondary N) is 3. The fraction of sp³-hybridized carbons (Fsp3) is 0.577. The van der Waals surface area contributed by atoms with E-state index in [0.29, 0.717) is 37.9 Å². The summed E-state index contributed by atoms with van der Waals surface area (Å²) < 4.78 is 19.7. The number of benzene rings is 1.